The summed E-state index contributed by atoms with van der Waals surface area (Å²) in [6.07, 6.45) is 2.48. The molecule has 2 amide bonds. The smallest absolute Gasteiger partial charge is 0.256 e. The largest absolute Gasteiger partial charge is 0.497 e. The van der Waals surface area contributed by atoms with Crippen LogP contribution < -0.4 is 10.1 Å². The van der Waals surface area contributed by atoms with Crippen molar-refractivity contribution in [2.45, 2.75) is 19.9 Å². The Morgan fingerprint density at radius 1 is 1.38 bits per heavy atom. The Morgan fingerprint density at radius 3 is 2.92 bits per heavy atom. The van der Waals surface area contributed by atoms with Crippen molar-refractivity contribution >= 4 is 40.8 Å². The zero-order chi connectivity index (χ0) is 18.4. The Labute approximate surface area is 155 Å². The van der Waals surface area contributed by atoms with Gasteiger partial charge in [0.2, 0.25) is 5.91 Å². The molecule has 4 rings (SSSR count). The van der Waals surface area contributed by atoms with E-state index in [0.717, 1.165) is 22.5 Å². The fourth-order valence-electron chi connectivity index (χ4n) is 3.43. The summed E-state index contributed by atoms with van der Waals surface area (Å²) in [6, 6.07) is 5.45. The number of benzene rings is 1. The third-order valence-electron chi connectivity index (χ3n) is 4.88. The molecule has 1 aromatic heterocycles. The number of amides is 2. The van der Waals surface area contributed by atoms with Crippen LogP contribution in [0.1, 0.15) is 29.4 Å². The molecule has 2 aliphatic heterocycles. The Morgan fingerprint density at radius 2 is 2.19 bits per heavy atom. The van der Waals surface area contributed by atoms with Crippen molar-refractivity contribution in [1.29, 1.82) is 0 Å². The number of fused-ring (bicyclic) bond motifs is 2. The number of nitrogens with one attached hydrogen (secondary N) is 2. The molecule has 0 spiro atoms. The van der Waals surface area contributed by atoms with Crippen LogP contribution in [0, 0.1) is 0 Å². The second kappa shape index (κ2) is 6.21. The molecule has 1 aromatic carbocycles. The molecule has 2 aliphatic rings. The van der Waals surface area contributed by atoms with Crippen LogP contribution in [0.3, 0.4) is 0 Å². The first kappa shape index (κ1) is 16.7. The van der Waals surface area contributed by atoms with Crippen LogP contribution in [-0.4, -0.2) is 35.4 Å². The first-order valence-electron chi connectivity index (χ1n) is 8.34. The number of hydrogen-bond acceptors (Lipinski definition) is 3. The molecule has 3 heterocycles. The summed E-state index contributed by atoms with van der Waals surface area (Å²) in [5.74, 6) is 0.534. The number of aromatic amines is 1. The molecule has 0 fully saturated rings. The summed E-state index contributed by atoms with van der Waals surface area (Å²) in [4.78, 5) is 29.1. The molecule has 2 aromatic rings. The quantitative estimate of drug-likeness (QED) is 0.797. The maximum atomic E-state index is 12.4. The molecule has 0 saturated carbocycles. The average Bonchev–Trinajstić information content (AvgIpc) is 3.11. The lowest BCUT2D eigenvalue weighted by Gasteiger charge is -2.25. The van der Waals surface area contributed by atoms with Crippen LogP contribution in [0.2, 0.25) is 5.02 Å². The van der Waals surface area contributed by atoms with E-state index in [4.69, 9.17) is 16.3 Å². The monoisotopic (exact) mass is 371 g/mol. The molecule has 26 heavy (non-hydrogen) atoms. The highest BCUT2D eigenvalue weighted by Crippen LogP contribution is 2.38. The normalized spacial score (nSPS) is 17.1. The Hall–Kier alpha value is -2.73. The number of methoxy groups -OCH3 is 1. The van der Waals surface area contributed by atoms with Crippen molar-refractivity contribution in [1.82, 2.24) is 9.88 Å². The highest BCUT2D eigenvalue weighted by atomic mass is 35.5. The molecule has 0 saturated heterocycles. The van der Waals surface area contributed by atoms with Crippen LogP contribution in [0.25, 0.3) is 11.6 Å². The number of aromatic nitrogens is 1. The van der Waals surface area contributed by atoms with Gasteiger partial charge < -0.3 is 19.9 Å². The minimum atomic E-state index is -0.178. The number of hydrogen-bond donors (Lipinski definition) is 2. The van der Waals surface area contributed by atoms with E-state index in [0.29, 0.717) is 41.5 Å². The predicted molar refractivity (Wildman–Crippen MR) is 100 cm³/mol. The molecule has 7 heteroatoms. The van der Waals surface area contributed by atoms with E-state index in [1.165, 1.54) is 0 Å². The maximum absolute atomic E-state index is 12.4. The molecule has 0 bridgehead atoms. The van der Waals surface area contributed by atoms with Gasteiger partial charge in [-0.2, -0.15) is 0 Å². The van der Waals surface area contributed by atoms with Gasteiger partial charge in [-0.3, -0.25) is 9.59 Å². The molecule has 134 valence electrons. The summed E-state index contributed by atoms with van der Waals surface area (Å²) in [5, 5.41) is 3.41. The lowest BCUT2D eigenvalue weighted by molar-refractivity contribution is -0.129. The minimum absolute atomic E-state index is 0.0315. The Balaban J connectivity index is 1.75. The molecule has 6 nitrogen and oxygen atoms in total. The summed E-state index contributed by atoms with van der Waals surface area (Å²) in [7, 11) is 1.59. The number of anilines is 1. The molecule has 0 aliphatic carbocycles. The number of halogens is 1. The van der Waals surface area contributed by atoms with Gasteiger partial charge in [0, 0.05) is 48.9 Å². The van der Waals surface area contributed by atoms with Crippen molar-refractivity contribution in [3.63, 3.8) is 0 Å². The average molecular weight is 372 g/mol. The standard InChI is InChI=1S/C19H18ClN3O3/c1-10(24)23-6-5-16-14(9-23)18(20)17(21-16)8-13-12-7-11(26-2)3-4-15(12)22-19(13)25/h3-4,7-8,21H,5-6,9H2,1-2H3,(H,22,25)/b13-8-. The lowest BCUT2D eigenvalue weighted by Crippen LogP contribution is -2.34. The van der Waals surface area contributed by atoms with Crippen LogP contribution >= 0.6 is 11.6 Å². The van der Waals surface area contributed by atoms with Crippen molar-refractivity contribution in [2.75, 3.05) is 19.0 Å². The van der Waals surface area contributed by atoms with Gasteiger partial charge in [-0.1, -0.05) is 11.6 Å². The zero-order valence-corrected chi connectivity index (χ0v) is 15.2. The first-order valence-corrected chi connectivity index (χ1v) is 8.72. The third kappa shape index (κ3) is 2.66. The molecule has 0 radical (unpaired) electrons. The molecular formula is C19H18ClN3O3. The minimum Gasteiger partial charge on any atom is -0.497 e. The summed E-state index contributed by atoms with van der Waals surface area (Å²) in [6.45, 7) is 2.71. The van der Waals surface area contributed by atoms with Gasteiger partial charge in [0.1, 0.15) is 5.75 Å². The van der Waals surface area contributed by atoms with E-state index in [2.05, 4.69) is 10.3 Å². The van der Waals surface area contributed by atoms with Gasteiger partial charge in [0.25, 0.3) is 5.91 Å². The molecule has 0 unspecified atom stereocenters. The van der Waals surface area contributed by atoms with Crippen molar-refractivity contribution < 1.29 is 14.3 Å². The fraction of sp³-hybridized carbons (Fsp3) is 0.263. The zero-order valence-electron chi connectivity index (χ0n) is 14.5. The van der Waals surface area contributed by atoms with E-state index in [9.17, 15) is 9.59 Å². The van der Waals surface area contributed by atoms with Gasteiger partial charge in [-0.05, 0) is 24.3 Å². The number of ether oxygens (including phenoxy) is 1. The van der Waals surface area contributed by atoms with E-state index in [1.54, 1.807) is 31.1 Å². The topological polar surface area (TPSA) is 74.4 Å². The predicted octanol–water partition coefficient (Wildman–Crippen LogP) is 3.07. The van der Waals surface area contributed by atoms with Crippen LogP contribution in [0.5, 0.6) is 5.75 Å². The number of H-pyrrole nitrogens is 1. The van der Waals surface area contributed by atoms with Crippen molar-refractivity contribution in [3.8, 4) is 5.75 Å². The maximum Gasteiger partial charge on any atom is 0.256 e. The fourth-order valence-corrected chi connectivity index (χ4v) is 3.71. The first-order chi connectivity index (χ1) is 12.5. The van der Waals surface area contributed by atoms with Gasteiger partial charge in [0.05, 0.1) is 23.4 Å². The SMILES string of the molecule is COc1ccc2c(c1)/C(=C/c1[nH]c3c(c1Cl)CN(C(C)=O)CC3)C(=O)N2. The van der Waals surface area contributed by atoms with E-state index < -0.39 is 0 Å². The van der Waals surface area contributed by atoms with Crippen molar-refractivity contribution in [3.05, 3.63) is 45.7 Å². The Kier molecular flexibility index (Phi) is 4.00. The second-order valence-corrected chi connectivity index (χ2v) is 6.80. The van der Waals surface area contributed by atoms with Crippen LogP contribution in [0.15, 0.2) is 18.2 Å². The number of rotatable bonds is 2. The highest BCUT2D eigenvalue weighted by Gasteiger charge is 2.27. The van der Waals surface area contributed by atoms with Gasteiger partial charge in [0.15, 0.2) is 0 Å². The lowest BCUT2D eigenvalue weighted by atomic mass is 10.0. The number of carbonyl (C=O) groups is 2. The Bertz CT molecular complexity index is 961. The molecular weight excluding hydrogens is 354 g/mol. The van der Waals surface area contributed by atoms with Gasteiger partial charge in [-0.25, -0.2) is 0 Å². The molecule has 0 atom stereocenters. The summed E-state index contributed by atoms with van der Waals surface area (Å²) in [5.41, 5.74) is 4.68. The van der Waals surface area contributed by atoms with Crippen LogP contribution in [0.4, 0.5) is 5.69 Å². The third-order valence-corrected chi connectivity index (χ3v) is 5.31. The highest BCUT2D eigenvalue weighted by molar-refractivity contribution is 6.37. The summed E-state index contributed by atoms with van der Waals surface area (Å²) >= 11 is 6.55. The number of carbonyl (C=O) groups excluding carboxylic acids is 2. The van der Waals surface area contributed by atoms with Gasteiger partial charge >= 0.3 is 0 Å². The van der Waals surface area contributed by atoms with Crippen LogP contribution in [-0.2, 0) is 22.6 Å². The van der Waals surface area contributed by atoms with E-state index in [1.807, 2.05) is 12.1 Å². The van der Waals surface area contributed by atoms with E-state index >= 15 is 0 Å². The van der Waals surface area contributed by atoms with E-state index in [-0.39, 0.29) is 11.8 Å². The van der Waals surface area contributed by atoms with Gasteiger partial charge in [-0.15, -0.1) is 0 Å². The second-order valence-electron chi connectivity index (χ2n) is 6.42. The molecule has 2 N–H and O–H groups in total. The van der Waals surface area contributed by atoms with Crippen molar-refractivity contribution in [2.24, 2.45) is 0 Å². The number of nitrogens with zero attached hydrogens (tertiary/aromatic N) is 1. The summed E-state index contributed by atoms with van der Waals surface area (Å²) < 4.78 is 5.26.